The van der Waals surface area contributed by atoms with Crippen LogP contribution in [0.5, 0.6) is 5.75 Å². The van der Waals surface area contributed by atoms with Gasteiger partial charge in [-0.1, -0.05) is 48.5 Å². The molecular formula is C28H28F3N3O5. The number of aromatic nitrogens is 1. The molecule has 2 N–H and O–H groups in total. The number of amides is 2. The average molecular weight is 544 g/mol. The summed E-state index contributed by atoms with van der Waals surface area (Å²) >= 11 is 0. The van der Waals surface area contributed by atoms with Gasteiger partial charge in [0.2, 0.25) is 5.78 Å². The number of alkyl halides is 3. The van der Waals surface area contributed by atoms with Crippen molar-refractivity contribution in [3.8, 4) is 5.75 Å². The van der Waals surface area contributed by atoms with E-state index in [0.717, 1.165) is 17.7 Å². The highest BCUT2D eigenvalue weighted by atomic mass is 19.4. The Morgan fingerprint density at radius 1 is 0.897 bits per heavy atom. The Balaban J connectivity index is 1.65. The number of nitrogens with zero attached hydrogens (tertiary/aromatic N) is 1. The number of rotatable bonds is 12. The Bertz CT molecular complexity index is 1250. The molecule has 8 nitrogen and oxygen atoms in total. The van der Waals surface area contributed by atoms with Crippen LogP contribution in [0.25, 0.3) is 0 Å². The summed E-state index contributed by atoms with van der Waals surface area (Å²) in [5, 5.41) is 5.15. The molecule has 2 aromatic carbocycles. The van der Waals surface area contributed by atoms with E-state index in [4.69, 9.17) is 4.74 Å². The number of carbonyl (C=O) groups excluding carboxylic acids is 3. The predicted molar refractivity (Wildman–Crippen MR) is 135 cm³/mol. The van der Waals surface area contributed by atoms with E-state index < -0.39 is 35.6 Å². The summed E-state index contributed by atoms with van der Waals surface area (Å²) in [7, 11) is 0. The maximum atomic E-state index is 13.1. The van der Waals surface area contributed by atoms with Gasteiger partial charge in [-0.05, 0) is 49.2 Å². The number of pyridine rings is 1. The highest BCUT2D eigenvalue weighted by Gasteiger charge is 2.34. The van der Waals surface area contributed by atoms with E-state index in [1.807, 2.05) is 0 Å². The van der Waals surface area contributed by atoms with E-state index >= 15 is 0 Å². The first kappa shape index (κ1) is 29.3. The van der Waals surface area contributed by atoms with Crippen molar-refractivity contribution in [1.29, 1.82) is 0 Å². The van der Waals surface area contributed by atoms with Crippen molar-refractivity contribution in [2.45, 2.75) is 51.4 Å². The van der Waals surface area contributed by atoms with E-state index in [1.54, 1.807) is 54.7 Å². The summed E-state index contributed by atoms with van der Waals surface area (Å²) in [6.45, 7) is 2.90. The predicted octanol–water partition coefficient (Wildman–Crippen LogP) is 3.89. The Kier molecular flexibility index (Phi) is 9.78. The molecule has 39 heavy (non-hydrogen) atoms. The molecule has 0 spiro atoms. The second kappa shape index (κ2) is 13.0. The van der Waals surface area contributed by atoms with Gasteiger partial charge in [-0.2, -0.15) is 0 Å². The SMILES string of the molecule is CC(C)(OCc1ccc(OC(F)(F)F)cc1)C(=O)N[C@H](Cc1ccccc1)C(=O)C(=O)NCc1ccccn1. The number of hydrogen-bond donors (Lipinski definition) is 2. The second-order valence-corrected chi connectivity index (χ2v) is 9.07. The van der Waals surface area contributed by atoms with Gasteiger partial charge in [0.05, 0.1) is 18.8 Å². The molecule has 1 aromatic heterocycles. The molecule has 206 valence electrons. The van der Waals surface area contributed by atoms with Crippen molar-refractivity contribution in [2.75, 3.05) is 0 Å². The Morgan fingerprint density at radius 2 is 1.56 bits per heavy atom. The average Bonchev–Trinajstić information content (AvgIpc) is 2.91. The highest BCUT2D eigenvalue weighted by molar-refractivity contribution is 6.38. The van der Waals surface area contributed by atoms with Crippen LogP contribution in [0.15, 0.2) is 79.0 Å². The summed E-state index contributed by atoms with van der Waals surface area (Å²) in [6.07, 6.45) is -3.17. The van der Waals surface area contributed by atoms with E-state index in [-0.39, 0.29) is 25.3 Å². The molecule has 0 aliphatic rings. The van der Waals surface area contributed by atoms with E-state index in [1.165, 1.54) is 26.0 Å². The van der Waals surface area contributed by atoms with Crippen LogP contribution in [0.1, 0.15) is 30.7 Å². The van der Waals surface area contributed by atoms with E-state index in [9.17, 15) is 27.6 Å². The van der Waals surface area contributed by atoms with Crippen molar-refractivity contribution < 1.29 is 37.0 Å². The molecule has 2 amide bonds. The normalized spacial score (nSPS) is 12.3. The fourth-order valence-corrected chi connectivity index (χ4v) is 3.43. The number of ketones is 1. The van der Waals surface area contributed by atoms with Crippen LogP contribution in [-0.2, 0) is 38.7 Å². The molecule has 0 saturated carbocycles. The van der Waals surface area contributed by atoms with Crippen molar-refractivity contribution >= 4 is 17.6 Å². The molecule has 0 aliphatic carbocycles. The monoisotopic (exact) mass is 543 g/mol. The molecule has 0 unspecified atom stereocenters. The van der Waals surface area contributed by atoms with Gasteiger partial charge in [0, 0.05) is 12.6 Å². The molecule has 3 aromatic rings. The summed E-state index contributed by atoms with van der Waals surface area (Å²) in [4.78, 5) is 42.9. The maximum Gasteiger partial charge on any atom is 0.573 e. The van der Waals surface area contributed by atoms with Gasteiger partial charge in [0.1, 0.15) is 17.4 Å². The molecule has 0 bridgehead atoms. The number of Topliss-reactive ketones (excluding diaryl/α,β-unsaturated/α-hetero) is 1. The van der Waals surface area contributed by atoms with Gasteiger partial charge >= 0.3 is 6.36 Å². The van der Waals surface area contributed by atoms with Crippen molar-refractivity contribution in [3.05, 3.63) is 95.8 Å². The fraction of sp³-hybridized carbons (Fsp3) is 0.286. The first-order valence-corrected chi connectivity index (χ1v) is 12.0. The van der Waals surface area contributed by atoms with Gasteiger partial charge in [-0.3, -0.25) is 19.4 Å². The van der Waals surface area contributed by atoms with E-state index in [2.05, 4.69) is 20.4 Å². The van der Waals surface area contributed by atoms with Crippen LogP contribution in [0.3, 0.4) is 0 Å². The molecule has 0 aliphatic heterocycles. The van der Waals surface area contributed by atoms with Gasteiger partial charge in [-0.15, -0.1) is 13.2 Å². The molecule has 11 heteroatoms. The first-order chi connectivity index (χ1) is 18.4. The van der Waals surface area contributed by atoms with Crippen LogP contribution in [0.4, 0.5) is 13.2 Å². The third-order valence-corrected chi connectivity index (χ3v) is 5.59. The standard InChI is InChI=1S/C28H28F3N3O5/c1-27(2,38-18-20-11-13-22(14-12-20)39-28(29,30)31)26(37)34-23(16-19-8-4-3-5-9-19)24(35)25(36)33-17-21-10-6-7-15-32-21/h3-15,23H,16-18H2,1-2H3,(H,33,36)(H,34,37)/t23-/m1/s1. The molecule has 3 rings (SSSR count). The lowest BCUT2D eigenvalue weighted by Crippen LogP contribution is -2.54. The quantitative estimate of drug-likeness (QED) is 0.336. The summed E-state index contributed by atoms with van der Waals surface area (Å²) in [6, 6.07) is 17.9. The first-order valence-electron chi connectivity index (χ1n) is 12.0. The molecule has 1 atom stereocenters. The molecule has 1 heterocycles. The van der Waals surface area contributed by atoms with E-state index in [0.29, 0.717) is 11.3 Å². The largest absolute Gasteiger partial charge is 0.573 e. The van der Waals surface area contributed by atoms with Crippen LogP contribution in [-0.4, -0.2) is 40.6 Å². The Labute approximate surface area is 223 Å². The van der Waals surface area contributed by atoms with Gasteiger partial charge in [0.25, 0.3) is 11.8 Å². The lowest BCUT2D eigenvalue weighted by Gasteiger charge is -2.27. The Morgan fingerprint density at radius 3 is 2.18 bits per heavy atom. The van der Waals surface area contributed by atoms with Gasteiger partial charge in [0.15, 0.2) is 0 Å². The molecule has 0 radical (unpaired) electrons. The number of ether oxygens (including phenoxy) is 2. The minimum atomic E-state index is -4.80. The minimum Gasteiger partial charge on any atom is -0.406 e. The van der Waals surface area contributed by atoms with Crippen molar-refractivity contribution in [3.63, 3.8) is 0 Å². The summed E-state index contributed by atoms with van der Waals surface area (Å²) < 4.78 is 46.6. The summed E-state index contributed by atoms with van der Waals surface area (Å²) in [5.41, 5.74) is 0.348. The Hall–Kier alpha value is -4.25. The number of carbonyl (C=O) groups is 3. The maximum absolute atomic E-state index is 13.1. The lowest BCUT2D eigenvalue weighted by molar-refractivity contribution is -0.274. The zero-order valence-corrected chi connectivity index (χ0v) is 21.3. The zero-order chi connectivity index (χ0) is 28.5. The van der Waals surface area contributed by atoms with Gasteiger partial charge < -0.3 is 20.1 Å². The topological polar surface area (TPSA) is 107 Å². The number of nitrogens with one attached hydrogen (secondary N) is 2. The third kappa shape index (κ3) is 9.53. The second-order valence-electron chi connectivity index (χ2n) is 9.07. The number of halogens is 3. The lowest BCUT2D eigenvalue weighted by atomic mass is 10.00. The summed E-state index contributed by atoms with van der Waals surface area (Å²) in [5.74, 6) is -2.74. The molecule has 0 saturated heterocycles. The van der Waals surface area contributed by atoms with Crippen molar-refractivity contribution in [1.82, 2.24) is 15.6 Å². The van der Waals surface area contributed by atoms with Crippen LogP contribution in [0.2, 0.25) is 0 Å². The fourth-order valence-electron chi connectivity index (χ4n) is 3.43. The number of hydrogen-bond acceptors (Lipinski definition) is 6. The van der Waals surface area contributed by atoms with Crippen LogP contribution >= 0.6 is 0 Å². The van der Waals surface area contributed by atoms with Gasteiger partial charge in [-0.25, -0.2) is 0 Å². The van der Waals surface area contributed by atoms with Crippen molar-refractivity contribution in [2.24, 2.45) is 0 Å². The molecular weight excluding hydrogens is 515 g/mol. The third-order valence-electron chi connectivity index (χ3n) is 5.59. The molecule has 0 fully saturated rings. The smallest absolute Gasteiger partial charge is 0.406 e. The van der Waals surface area contributed by atoms with Crippen LogP contribution in [0, 0.1) is 0 Å². The highest BCUT2D eigenvalue weighted by Crippen LogP contribution is 2.23. The zero-order valence-electron chi connectivity index (χ0n) is 21.3. The van der Waals surface area contributed by atoms with Crippen LogP contribution < -0.4 is 15.4 Å². The minimum absolute atomic E-state index is 0.0405. The number of benzene rings is 2.